The number of epoxide rings is 1. The number of ether oxygens (including phenoxy) is 2. The minimum absolute atomic E-state index is 0.00586. The molecule has 0 N–H and O–H groups in total. The molecular formula is C23H48O5Si2. The van der Waals surface area contributed by atoms with Crippen molar-refractivity contribution in [2.24, 2.45) is 0 Å². The second kappa shape index (κ2) is 8.62. The number of carbonyl (C=O) groups is 1. The summed E-state index contributed by atoms with van der Waals surface area (Å²) in [5.41, 5.74) is -0.895. The van der Waals surface area contributed by atoms with Gasteiger partial charge in [0.25, 0.3) is 0 Å². The molecule has 0 aromatic carbocycles. The van der Waals surface area contributed by atoms with E-state index in [9.17, 15) is 4.79 Å². The largest absolute Gasteiger partial charge is 0.461 e. The van der Waals surface area contributed by atoms with Crippen LogP contribution in [0.2, 0.25) is 36.3 Å². The van der Waals surface area contributed by atoms with Gasteiger partial charge < -0.3 is 18.3 Å². The van der Waals surface area contributed by atoms with E-state index in [0.717, 1.165) is 0 Å². The molecule has 0 bridgehead atoms. The van der Waals surface area contributed by atoms with Crippen LogP contribution in [-0.2, 0) is 23.1 Å². The van der Waals surface area contributed by atoms with Gasteiger partial charge in [-0.15, -0.1) is 0 Å². The summed E-state index contributed by atoms with van der Waals surface area (Å²) in [6, 6.07) is 0. The van der Waals surface area contributed by atoms with Crippen LogP contribution in [0.1, 0.15) is 75.7 Å². The molecule has 0 saturated carbocycles. The van der Waals surface area contributed by atoms with Crippen LogP contribution in [0.15, 0.2) is 0 Å². The number of rotatable bonds is 9. The van der Waals surface area contributed by atoms with E-state index in [4.69, 9.17) is 18.3 Å². The van der Waals surface area contributed by atoms with Crippen molar-refractivity contribution >= 4 is 22.6 Å². The van der Waals surface area contributed by atoms with E-state index in [-0.39, 0.29) is 27.8 Å². The van der Waals surface area contributed by atoms with Crippen molar-refractivity contribution in [2.45, 2.75) is 135 Å². The molecule has 1 aliphatic rings. The molecule has 0 aromatic rings. The van der Waals surface area contributed by atoms with Crippen LogP contribution in [0.4, 0.5) is 0 Å². The molecule has 1 aliphatic heterocycles. The van der Waals surface area contributed by atoms with Gasteiger partial charge in [0.1, 0.15) is 11.7 Å². The Morgan fingerprint density at radius 2 is 1.37 bits per heavy atom. The molecule has 1 heterocycles. The average Bonchev–Trinajstić information content (AvgIpc) is 3.02. The Bertz CT molecular complexity index is 614. The summed E-state index contributed by atoms with van der Waals surface area (Å²) in [5.74, 6) is -0.298. The molecule has 2 atom stereocenters. The Balaban J connectivity index is 3.13. The number of hydrogen-bond acceptors (Lipinski definition) is 5. The zero-order chi connectivity index (χ0) is 24.0. The first kappa shape index (κ1) is 27.8. The van der Waals surface area contributed by atoms with Crippen LogP contribution in [0, 0.1) is 0 Å². The van der Waals surface area contributed by atoms with Crippen molar-refractivity contribution in [3.63, 3.8) is 0 Å². The predicted octanol–water partition coefficient (Wildman–Crippen LogP) is 6.29. The van der Waals surface area contributed by atoms with Gasteiger partial charge in [-0.1, -0.05) is 41.5 Å². The summed E-state index contributed by atoms with van der Waals surface area (Å²) in [7, 11) is -4.12. The fourth-order valence-electron chi connectivity index (χ4n) is 2.84. The quantitative estimate of drug-likeness (QED) is 0.230. The van der Waals surface area contributed by atoms with E-state index in [0.29, 0.717) is 13.0 Å². The first-order valence-electron chi connectivity index (χ1n) is 11.3. The van der Waals surface area contributed by atoms with E-state index in [2.05, 4.69) is 81.6 Å². The van der Waals surface area contributed by atoms with Crippen molar-refractivity contribution in [1.82, 2.24) is 0 Å². The van der Waals surface area contributed by atoms with Crippen molar-refractivity contribution in [3.8, 4) is 0 Å². The highest BCUT2D eigenvalue weighted by Gasteiger charge is 2.66. The zero-order valence-electron chi connectivity index (χ0n) is 22.1. The predicted molar refractivity (Wildman–Crippen MR) is 129 cm³/mol. The molecule has 5 nitrogen and oxygen atoms in total. The third-order valence-corrected chi connectivity index (χ3v) is 16.3. The lowest BCUT2D eigenvalue weighted by atomic mass is 9.91. The van der Waals surface area contributed by atoms with Gasteiger partial charge in [-0.2, -0.15) is 0 Å². The molecule has 0 radical (unpaired) electrons. The summed E-state index contributed by atoms with van der Waals surface area (Å²) in [6.45, 7) is 30.4. The second-order valence-corrected chi connectivity index (χ2v) is 22.3. The molecule has 1 fully saturated rings. The third kappa shape index (κ3) is 6.40. The van der Waals surface area contributed by atoms with Gasteiger partial charge in [0.05, 0.1) is 18.3 Å². The Kier molecular flexibility index (Phi) is 7.99. The van der Waals surface area contributed by atoms with Crippen molar-refractivity contribution in [3.05, 3.63) is 0 Å². The minimum atomic E-state index is -2.18. The molecule has 1 saturated heterocycles. The van der Waals surface area contributed by atoms with Gasteiger partial charge in [0, 0.05) is 6.42 Å². The molecule has 0 unspecified atom stereocenters. The Labute approximate surface area is 187 Å². The molecule has 0 amide bonds. The minimum Gasteiger partial charge on any atom is -0.461 e. The molecule has 7 heteroatoms. The fraction of sp³-hybridized carbons (Fsp3) is 0.957. The zero-order valence-corrected chi connectivity index (χ0v) is 24.1. The Morgan fingerprint density at radius 1 is 0.933 bits per heavy atom. The van der Waals surface area contributed by atoms with Crippen LogP contribution < -0.4 is 0 Å². The summed E-state index contributed by atoms with van der Waals surface area (Å²) in [4.78, 5) is 13.0. The van der Waals surface area contributed by atoms with Gasteiger partial charge in [-0.25, -0.2) is 4.79 Å². The smallest absolute Gasteiger partial charge is 0.334 e. The molecule has 1 rings (SSSR count). The highest BCUT2D eigenvalue weighted by molar-refractivity contribution is 6.74. The highest BCUT2D eigenvalue weighted by atomic mass is 28.4. The maximum Gasteiger partial charge on any atom is 0.334 e. The van der Waals surface area contributed by atoms with E-state index < -0.39 is 28.3 Å². The van der Waals surface area contributed by atoms with E-state index >= 15 is 0 Å². The molecule has 0 aromatic heterocycles. The standard InChI is InChI=1S/C23H48O5Si2/c1-17(2)26-19(24)18(27-30(13,14)21(6,7)8)15-23(22(9,10)28-23)16-25-29(11,12)20(3,4)5/h17-18H,15-16H2,1-14H3/t18-,23+/m0/s1. The van der Waals surface area contributed by atoms with Gasteiger partial charge in [-0.3, -0.25) is 0 Å². The lowest BCUT2D eigenvalue weighted by molar-refractivity contribution is -0.157. The van der Waals surface area contributed by atoms with Crippen LogP contribution in [0.25, 0.3) is 0 Å². The normalized spacial score (nSPS) is 23.4. The van der Waals surface area contributed by atoms with E-state index in [1.165, 1.54) is 0 Å². The van der Waals surface area contributed by atoms with E-state index in [1.54, 1.807) is 0 Å². The first-order valence-corrected chi connectivity index (χ1v) is 17.1. The fourth-order valence-corrected chi connectivity index (χ4v) is 5.11. The van der Waals surface area contributed by atoms with E-state index in [1.807, 2.05) is 13.8 Å². The first-order chi connectivity index (χ1) is 13.1. The monoisotopic (exact) mass is 460 g/mol. The summed E-state index contributed by atoms with van der Waals surface area (Å²) < 4.78 is 24.9. The van der Waals surface area contributed by atoms with Crippen molar-refractivity contribution in [1.29, 1.82) is 0 Å². The van der Waals surface area contributed by atoms with Gasteiger partial charge >= 0.3 is 5.97 Å². The Hall–Kier alpha value is -0.216. The topological polar surface area (TPSA) is 57.3 Å². The molecule has 178 valence electrons. The van der Waals surface area contributed by atoms with Crippen LogP contribution >= 0.6 is 0 Å². The van der Waals surface area contributed by atoms with Gasteiger partial charge in [0.2, 0.25) is 0 Å². The summed E-state index contributed by atoms with van der Waals surface area (Å²) >= 11 is 0. The summed E-state index contributed by atoms with van der Waals surface area (Å²) in [5, 5.41) is 0.106. The lowest BCUT2D eigenvalue weighted by Crippen LogP contribution is -2.50. The van der Waals surface area contributed by atoms with Crippen LogP contribution in [-0.4, -0.2) is 52.6 Å². The molecule has 30 heavy (non-hydrogen) atoms. The second-order valence-electron chi connectivity index (χ2n) is 12.7. The summed E-state index contributed by atoms with van der Waals surface area (Å²) in [6.07, 6.45) is -0.388. The number of hydrogen-bond donors (Lipinski definition) is 0. The van der Waals surface area contributed by atoms with Crippen LogP contribution in [0.3, 0.4) is 0 Å². The number of carbonyl (C=O) groups excluding carboxylic acids is 1. The maximum absolute atomic E-state index is 13.0. The van der Waals surface area contributed by atoms with Crippen LogP contribution in [0.5, 0.6) is 0 Å². The maximum atomic E-state index is 13.0. The average molecular weight is 461 g/mol. The highest BCUT2D eigenvalue weighted by Crippen LogP contribution is 2.53. The number of esters is 1. The van der Waals surface area contributed by atoms with Gasteiger partial charge in [-0.05, 0) is 64.0 Å². The lowest BCUT2D eigenvalue weighted by Gasteiger charge is -2.40. The van der Waals surface area contributed by atoms with Gasteiger partial charge in [0.15, 0.2) is 16.6 Å². The molecule has 0 aliphatic carbocycles. The molecular weight excluding hydrogens is 412 g/mol. The Morgan fingerprint density at radius 3 is 1.70 bits per heavy atom. The third-order valence-electron chi connectivity index (χ3n) is 7.35. The van der Waals surface area contributed by atoms with Crippen molar-refractivity contribution in [2.75, 3.05) is 6.61 Å². The molecule has 0 spiro atoms. The SMILES string of the molecule is CC(C)OC(=O)[C@H](C[C@]1(CO[Si](C)(C)C(C)(C)C)OC1(C)C)O[Si](C)(C)C(C)(C)C. The van der Waals surface area contributed by atoms with Crippen molar-refractivity contribution < 1.29 is 23.1 Å².